The van der Waals surface area contributed by atoms with E-state index in [9.17, 15) is 4.79 Å². The predicted octanol–water partition coefficient (Wildman–Crippen LogP) is 4.35. The van der Waals surface area contributed by atoms with Crippen LogP contribution in [0.25, 0.3) is 10.9 Å². The molecule has 0 aliphatic rings. The average Bonchev–Trinajstić information content (AvgIpc) is 2.87. The molecule has 1 amide bonds. The largest absolute Gasteiger partial charge is 0.351 e. The quantitative estimate of drug-likeness (QED) is 0.719. The lowest BCUT2D eigenvalue weighted by Crippen LogP contribution is -2.13. The van der Waals surface area contributed by atoms with Crippen LogP contribution >= 0.6 is 0 Å². The molecule has 0 bridgehead atoms. The van der Waals surface area contributed by atoms with Gasteiger partial charge in [-0.25, -0.2) is 0 Å². The fraction of sp³-hybridized carbons (Fsp3) is 0.167. The normalized spacial score (nSPS) is 10.8. The van der Waals surface area contributed by atoms with Gasteiger partial charge in [0.2, 0.25) is 0 Å². The highest BCUT2D eigenvalue weighted by Crippen LogP contribution is 2.21. The Morgan fingerprint density at radius 3 is 2.67 bits per heavy atom. The van der Waals surface area contributed by atoms with Gasteiger partial charge in [0, 0.05) is 16.6 Å². The van der Waals surface area contributed by atoms with Gasteiger partial charge in [0.15, 0.2) is 0 Å². The maximum absolute atomic E-state index is 12.4. The molecule has 0 radical (unpaired) electrons. The number of rotatable bonds is 2. The molecule has 2 N–H and O–H groups in total. The summed E-state index contributed by atoms with van der Waals surface area (Å²) < 4.78 is 0. The van der Waals surface area contributed by atoms with Gasteiger partial charge >= 0.3 is 0 Å². The topological polar surface area (TPSA) is 44.9 Å². The smallest absolute Gasteiger partial charge is 0.272 e. The Labute approximate surface area is 124 Å². The monoisotopic (exact) mass is 278 g/mol. The molecule has 21 heavy (non-hydrogen) atoms. The van der Waals surface area contributed by atoms with Crippen LogP contribution < -0.4 is 5.32 Å². The predicted molar refractivity (Wildman–Crippen MR) is 86.9 cm³/mol. The van der Waals surface area contributed by atoms with E-state index in [4.69, 9.17) is 0 Å². The molecule has 0 fully saturated rings. The first-order valence-electron chi connectivity index (χ1n) is 7.01. The average molecular weight is 278 g/mol. The van der Waals surface area contributed by atoms with Crippen molar-refractivity contribution in [3.63, 3.8) is 0 Å². The van der Waals surface area contributed by atoms with E-state index < -0.39 is 0 Å². The number of aromatic nitrogens is 1. The number of H-pyrrole nitrogens is 1. The molecule has 0 aliphatic heterocycles. The van der Waals surface area contributed by atoms with Crippen molar-refractivity contribution in [2.24, 2.45) is 0 Å². The van der Waals surface area contributed by atoms with Crippen LogP contribution in [0.3, 0.4) is 0 Å². The Hall–Kier alpha value is -2.55. The number of amides is 1. The second-order valence-corrected chi connectivity index (χ2v) is 5.48. The lowest BCUT2D eigenvalue weighted by atomic mass is 10.1. The van der Waals surface area contributed by atoms with Gasteiger partial charge in [0.05, 0.1) is 0 Å². The molecule has 1 heterocycles. The Morgan fingerprint density at radius 1 is 1.05 bits per heavy atom. The summed E-state index contributed by atoms with van der Waals surface area (Å²) in [6.07, 6.45) is 0. The third-order valence-corrected chi connectivity index (χ3v) is 3.88. The van der Waals surface area contributed by atoms with Gasteiger partial charge in [0.25, 0.3) is 5.91 Å². The van der Waals surface area contributed by atoms with Gasteiger partial charge < -0.3 is 10.3 Å². The number of carbonyl (C=O) groups excluding carboxylic acids is 1. The van der Waals surface area contributed by atoms with Gasteiger partial charge in [-0.2, -0.15) is 0 Å². The van der Waals surface area contributed by atoms with Crippen LogP contribution in [0.4, 0.5) is 5.69 Å². The number of anilines is 1. The molecule has 0 aliphatic carbocycles. The number of hydrogen-bond acceptors (Lipinski definition) is 1. The van der Waals surface area contributed by atoms with Crippen LogP contribution in [-0.4, -0.2) is 10.9 Å². The van der Waals surface area contributed by atoms with Crippen molar-refractivity contribution in [2.75, 3.05) is 5.32 Å². The molecule has 3 rings (SSSR count). The van der Waals surface area contributed by atoms with E-state index in [1.165, 1.54) is 11.1 Å². The Balaban J connectivity index is 1.91. The standard InChI is InChI=1S/C18H18N2O/c1-11-7-8-14-10-17(19-16(14)9-11)18(21)20-15-6-4-5-12(2)13(15)3/h4-10,19H,1-3H3,(H,20,21). The molecule has 106 valence electrons. The summed E-state index contributed by atoms with van der Waals surface area (Å²) in [7, 11) is 0. The van der Waals surface area contributed by atoms with Crippen molar-refractivity contribution < 1.29 is 4.79 Å². The highest BCUT2D eigenvalue weighted by atomic mass is 16.1. The summed E-state index contributed by atoms with van der Waals surface area (Å²) in [5.74, 6) is -0.113. The number of aromatic amines is 1. The third-order valence-electron chi connectivity index (χ3n) is 3.88. The molecule has 2 aromatic carbocycles. The van der Waals surface area contributed by atoms with Gasteiger partial charge in [-0.3, -0.25) is 4.79 Å². The number of hydrogen-bond donors (Lipinski definition) is 2. The zero-order valence-electron chi connectivity index (χ0n) is 12.4. The molecule has 1 aromatic heterocycles. The highest BCUT2D eigenvalue weighted by molar-refractivity contribution is 6.06. The molecule has 0 spiro atoms. The van der Waals surface area contributed by atoms with Gasteiger partial charge in [-0.1, -0.05) is 24.3 Å². The second-order valence-electron chi connectivity index (χ2n) is 5.48. The maximum Gasteiger partial charge on any atom is 0.272 e. The minimum absolute atomic E-state index is 0.113. The van der Waals surface area contributed by atoms with Crippen molar-refractivity contribution in [3.05, 3.63) is 64.8 Å². The van der Waals surface area contributed by atoms with Crippen LogP contribution in [-0.2, 0) is 0 Å². The van der Waals surface area contributed by atoms with Crippen LogP contribution in [0.2, 0.25) is 0 Å². The van der Waals surface area contributed by atoms with E-state index >= 15 is 0 Å². The van der Waals surface area contributed by atoms with Gasteiger partial charge in [-0.05, 0) is 55.7 Å². The summed E-state index contributed by atoms with van der Waals surface area (Å²) in [6.45, 7) is 6.09. The summed E-state index contributed by atoms with van der Waals surface area (Å²) in [5.41, 5.74) is 5.86. The number of benzene rings is 2. The van der Waals surface area contributed by atoms with Crippen LogP contribution in [0.5, 0.6) is 0 Å². The minimum atomic E-state index is -0.113. The molecule has 3 aromatic rings. The Bertz CT molecular complexity index is 830. The minimum Gasteiger partial charge on any atom is -0.351 e. The number of nitrogens with one attached hydrogen (secondary N) is 2. The van der Waals surface area contributed by atoms with Crippen molar-refractivity contribution in [1.82, 2.24) is 4.98 Å². The van der Waals surface area contributed by atoms with E-state index in [1.54, 1.807) is 0 Å². The fourth-order valence-corrected chi connectivity index (χ4v) is 2.44. The second kappa shape index (κ2) is 5.09. The first kappa shape index (κ1) is 13.4. The molecular weight excluding hydrogens is 260 g/mol. The van der Waals surface area contributed by atoms with Gasteiger partial charge in [-0.15, -0.1) is 0 Å². The molecule has 0 saturated carbocycles. The SMILES string of the molecule is Cc1ccc2cc(C(=O)Nc3cccc(C)c3C)[nH]c2c1. The number of fused-ring (bicyclic) bond motifs is 1. The zero-order chi connectivity index (χ0) is 15.0. The van der Waals surface area contributed by atoms with Crippen molar-refractivity contribution in [3.8, 4) is 0 Å². The molecule has 0 saturated heterocycles. The first-order chi connectivity index (χ1) is 10.0. The van der Waals surface area contributed by atoms with E-state index in [1.807, 2.05) is 63.2 Å². The number of carbonyl (C=O) groups is 1. The molecule has 0 unspecified atom stereocenters. The lowest BCUT2D eigenvalue weighted by Gasteiger charge is -2.09. The van der Waals surface area contributed by atoms with Crippen molar-refractivity contribution in [1.29, 1.82) is 0 Å². The molecule has 3 heteroatoms. The van der Waals surface area contributed by atoms with E-state index in [0.29, 0.717) is 5.69 Å². The summed E-state index contributed by atoms with van der Waals surface area (Å²) >= 11 is 0. The summed E-state index contributed by atoms with van der Waals surface area (Å²) in [5, 5.41) is 4.02. The lowest BCUT2D eigenvalue weighted by molar-refractivity contribution is 0.102. The summed E-state index contributed by atoms with van der Waals surface area (Å²) in [6, 6.07) is 13.9. The van der Waals surface area contributed by atoms with Crippen molar-refractivity contribution >= 4 is 22.5 Å². The van der Waals surface area contributed by atoms with Crippen LogP contribution in [0, 0.1) is 20.8 Å². The van der Waals surface area contributed by atoms with Crippen LogP contribution in [0.1, 0.15) is 27.2 Å². The zero-order valence-corrected chi connectivity index (χ0v) is 12.4. The Morgan fingerprint density at radius 2 is 1.86 bits per heavy atom. The van der Waals surface area contributed by atoms with E-state index in [-0.39, 0.29) is 5.91 Å². The van der Waals surface area contributed by atoms with Crippen molar-refractivity contribution in [2.45, 2.75) is 20.8 Å². The van der Waals surface area contributed by atoms with Gasteiger partial charge in [0.1, 0.15) is 5.69 Å². The molecule has 0 atom stereocenters. The van der Waals surface area contributed by atoms with E-state index in [2.05, 4.69) is 10.3 Å². The first-order valence-corrected chi connectivity index (χ1v) is 7.01. The highest BCUT2D eigenvalue weighted by Gasteiger charge is 2.11. The third kappa shape index (κ3) is 2.55. The fourth-order valence-electron chi connectivity index (χ4n) is 2.44. The number of aryl methyl sites for hydroxylation is 2. The van der Waals surface area contributed by atoms with E-state index in [0.717, 1.165) is 22.2 Å². The maximum atomic E-state index is 12.4. The Kier molecular flexibility index (Phi) is 3.26. The van der Waals surface area contributed by atoms with Crippen LogP contribution in [0.15, 0.2) is 42.5 Å². The summed E-state index contributed by atoms with van der Waals surface area (Å²) in [4.78, 5) is 15.6. The molecule has 3 nitrogen and oxygen atoms in total. The molecular formula is C18H18N2O.